The molecule has 6 rings (SSSR count). The van der Waals surface area contributed by atoms with Crippen molar-refractivity contribution in [3.8, 4) is 45.3 Å². The fourth-order valence-corrected chi connectivity index (χ4v) is 5.69. The van der Waals surface area contributed by atoms with Crippen LogP contribution in [0.15, 0.2) is 60.7 Å². The molecule has 4 aromatic carbocycles. The summed E-state index contributed by atoms with van der Waals surface area (Å²) in [5, 5.41) is 0.998. The van der Waals surface area contributed by atoms with Crippen LogP contribution >= 0.6 is 23.2 Å². The highest BCUT2D eigenvalue weighted by Gasteiger charge is 2.28. The second-order valence-corrected chi connectivity index (χ2v) is 10.8. The first kappa shape index (κ1) is 29.9. The summed E-state index contributed by atoms with van der Waals surface area (Å²) in [7, 11) is 3.16. The van der Waals surface area contributed by atoms with E-state index in [-0.39, 0.29) is 23.8 Å². The molecule has 0 saturated heterocycles. The molecule has 2 atom stereocenters. The Labute approximate surface area is 253 Å². The van der Waals surface area contributed by atoms with E-state index >= 15 is 0 Å². The molecule has 42 heavy (non-hydrogen) atoms. The zero-order valence-corrected chi connectivity index (χ0v) is 24.6. The lowest BCUT2D eigenvalue weighted by molar-refractivity contribution is 0.242. The summed E-state index contributed by atoms with van der Waals surface area (Å²) in [5.41, 5.74) is 15.7. The van der Waals surface area contributed by atoms with Crippen LogP contribution in [-0.4, -0.2) is 39.5 Å². The average Bonchev–Trinajstić information content (AvgIpc) is 3.60. The van der Waals surface area contributed by atoms with Gasteiger partial charge in [0.05, 0.1) is 19.2 Å². The van der Waals surface area contributed by atoms with Crippen LogP contribution in [0.4, 0.5) is 8.78 Å². The Morgan fingerprint density at radius 2 is 1.26 bits per heavy atom. The Morgan fingerprint density at radius 1 is 0.714 bits per heavy atom. The maximum Gasteiger partial charge on any atom is 0.131 e. The second-order valence-electron chi connectivity index (χ2n) is 9.93. The maximum atomic E-state index is 14.0. The van der Waals surface area contributed by atoms with Crippen molar-refractivity contribution < 1.29 is 27.7 Å². The Bertz CT molecular complexity index is 1620. The highest BCUT2D eigenvalue weighted by molar-refractivity contribution is 6.36. The van der Waals surface area contributed by atoms with E-state index in [0.717, 1.165) is 16.7 Å². The van der Waals surface area contributed by atoms with Crippen LogP contribution in [0.1, 0.15) is 11.1 Å². The Morgan fingerprint density at radius 3 is 1.76 bits per heavy atom. The van der Waals surface area contributed by atoms with Crippen molar-refractivity contribution in [2.75, 3.05) is 27.3 Å². The number of hydrogen-bond acceptors (Lipinski definition) is 6. The predicted molar refractivity (Wildman–Crippen MR) is 161 cm³/mol. The van der Waals surface area contributed by atoms with Crippen molar-refractivity contribution in [1.29, 1.82) is 0 Å². The molecule has 220 valence electrons. The van der Waals surface area contributed by atoms with Crippen molar-refractivity contribution >= 4 is 23.2 Å². The molecule has 0 fully saturated rings. The van der Waals surface area contributed by atoms with E-state index in [4.69, 9.17) is 53.6 Å². The highest BCUT2D eigenvalue weighted by Crippen LogP contribution is 2.44. The number of ether oxygens (including phenoxy) is 4. The predicted octanol–water partition coefficient (Wildman–Crippen LogP) is 6.83. The first-order valence-electron chi connectivity index (χ1n) is 13.3. The van der Waals surface area contributed by atoms with Crippen molar-refractivity contribution in [3.05, 3.63) is 93.5 Å². The van der Waals surface area contributed by atoms with Gasteiger partial charge in [-0.05, 0) is 48.5 Å². The van der Waals surface area contributed by atoms with E-state index in [1.54, 1.807) is 38.5 Å². The third-order valence-corrected chi connectivity index (χ3v) is 7.72. The molecular formula is C32H30Cl2F2N2O4. The van der Waals surface area contributed by atoms with Gasteiger partial charge in [-0.25, -0.2) is 8.78 Å². The standard InChI is InChI=1S/C17H18FNO3.C15H12Cl2FNO/c1-20-12-3-4-14(16(8-12)21-2)15-7-11(18)5-10-6-13(9-19)22-17(10)15;16-9-1-2-12(14(17)5-9)13-6-10(18)3-8-4-11(7-19)20-15(8)13/h3-5,7-8,13H,6,9,19H2,1-2H3;1-3,5-6,11H,4,7,19H2. The molecule has 0 spiro atoms. The van der Waals surface area contributed by atoms with E-state index in [9.17, 15) is 8.78 Å². The summed E-state index contributed by atoms with van der Waals surface area (Å²) >= 11 is 12.1. The largest absolute Gasteiger partial charge is 0.497 e. The summed E-state index contributed by atoms with van der Waals surface area (Å²) in [5.74, 6) is 2.01. The van der Waals surface area contributed by atoms with E-state index in [2.05, 4.69) is 0 Å². The minimum atomic E-state index is -0.314. The summed E-state index contributed by atoms with van der Waals surface area (Å²) in [6, 6.07) is 16.4. The van der Waals surface area contributed by atoms with Crippen LogP contribution in [0.2, 0.25) is 10.0 Å². The summed E-state index contributed by atoms with van der Waals surface area (Å²) in [6.07, 6.45) is 1.01. The van der Waals surface area contributed by atoms with E-state index in [1.165, 1.54) is 24.3 Å². The fourth-order valence-electron chi connectivity index (χ4n) is 5.18. The summed E-state index contributed by atoms with van der Waals surface area (Å²) < 4.78 is 50.0. The molecule has 2 unspecified atom stereocenters. The summed E-state index contributed by atoms with van der Waals surface area (Å²) in [4.78, 5) is 0. The molecule has 4 N–H and O–H groups in total. The SMILES string of the molecule is COc1ccc(-c2cc(F)cc3c2OC(CN)C3)c(OC)c1.NCC1Cc2cc(F)cc(-c3ccc(Cl)cc3Cl)c2O1. The van der Waals surface area contributed by atoms with Crippen LogP contribution in [-0.2, 0) is 12.8 Å². The van der Waals surface area contributed by atoms with Crippen LogP contribution in [0.25, 0.3) is 22.3 Å². The van der Waals surface area contributed by atoms with Gasteiger partial charge in [-0.2, -0.15) is 0 Å². The molecule has 4 aromatic rings. The number of rotatable bonds is 6. The molecule has 6 nitrogen and oxygen atoms in total. The van der Waals surface area contributed by atoms with Gasteiger partial charge in [-0.15, -0.1) is 0 Å². The van der Waals surface area contributed by atoms with Crippen molar-refractivity contribution in [2.45, 2.75) is 25.0 Å². The van der Waals surface area contributed by atoms with Crippen molar-refractivity contribution in [2.24, 2.45) is 11.5 Å². The number of fused-ring (bicyclic) bond motifs is 2. The molecule has 0 saturated carbocycles. The van der Waals surface area contributed by atoms with Gasteiger partial charge in [0.15, 0.2) is 0 Å². The molecule has 2 aliphatic heterocycles. The second kappa shape index (κ2) is 12.8. The highest BCUT2D eigenvalue weighted by atomic mass is 35.5. The number of benzene rings is 4. The zero-order valence-electron chi connectivity index (χ0n) is 23.1. The molecule has 10 heteroatoms. The van der Waals surface area contributed by atoms with Crippen molar-refractivity contribution in [3.63, 3.8) is 0 Å². The number of hydrogen-bond donors (Lipinski definition) is 2. The lowest BCUT2D eigenvalue weighted by atomic mass is 9.99. The monoisotopic (exact) mass is 614 g/mol. The van der Waals surface area contributed by atoms with Gasteiger partial charge in [0, 0.05) is 70.4 Å². The smallest absolute Gasteiger partial charge is 0.131 e. The van der Waals surface area contributed by atoms with Gasteiger partial charge in [0.1, 0.15) is 46.8 Å². The van der Waals surface area contributed by atoms with Gasteiger partial charge in [-0.3, -0.25) is 0 Å². The molecule has 2 heterocycles. The minimum Gasteiger partial charge on any atom is -0.497 e. The van der Waals surface area contributed by atoms with Gasteiger partial charge < -0.3 is 30.4 Å². The van der Waals surface area contributed by atoms with Crippen molar-refractivity contribution in [1.82, 2.24) is 0 Å². The van der Waals surface area contributed by atoms with Gasteiger partial charge in [0.2, 0.25) is 0 Å². The van der Waals surface area contributed by atoms with Crippen LogP contribution in [0, 0.1) is 11.6 Å². The van der Waals surface area contributed by atoms with Crippen LogP contribution in [0.3, 0.4) is 0 Å². The van der Waals surface area contributed by atoms with Crippen LogP contribution in [0.5, 0.6) is 23.0 Å². The maximum absolute atomic E-state index is 14.0. The first-order valence-corrected chi connectivity index (χ1v) is 14.1. The Hall–Kier alpha value is -3.56. The molecule has 0 amide bonds. The molecule has 0 aromatic heterocycles. The molecular weight excluding hydrogens is 585 g/mol. The number of methoxy groups -OCH3 is 2. The van der Waals surface area contributed by atoms with Crippen LogP contribution < -0.4 is 30.4 Å². The summed E-state index contributed by atoms with van der Waals surface area (Å²) in [6.45, 7) is 0.791. The minimum absolute atomic E-state index is 0.111. The molecule has 2 aliphatic rings. The van der Waals surface area contributed by atoms with E-state index in [0.29, 0.717) is 75.7 Å². The Balaban J connectivity index is 0.000000169. The number of halogens is 4. The lowest BCUT2D eigenvalue weighted by Gasteiger charge is -2.14. The molecule has 0 radical (unpaired) electrons. The third kappa shape index (κ3) is 6.13. The third-order valence-electron chi connectivity index (χ3n) is 7.17. The molecule has 0 aliphatic carbocycles. The zero-order chi connectivity index (χ0) is 30.0. The van der Waals surface area contributed by atoms with E-state index < -0.39 is 0 Å². The van der Waals surface area contributed by atoms with Gasteiger partial charge in [-0.1, -0.05) is 29.3 Å². The quantitative estimate of drug-likeness (QED) is 0.247. The van der Waals surface area contributed by atoms with Gasteiger partial charge >= 0.3 is 0 Å². The average molecular weight is 616 g/mol. The topological polar surface area (TPSA) is 89.0 Å². The number of nitrogens with two attached hydrogens (primary N) is 2. The first-order chi connectivity index (χ1) is 20.2. The molecule has 0 bridgehead atoms. The van der Waals surface area contributed by atoms with E-state index in [1.807, 2.05) is 12.1 Å². The fraction of sp³-hybridized carbons (Fsp3) is 0.250. The normalized spacial score (nSPS) is 16.5. The lowest BCUT2D eigenvalue weighted by Crippen LogP contribution is -2.24. The van der Waals surface area contributed by atoms with Gasteiger partial charge in [0.25, 0.3) is 0 Å². The Kier molecular flexibility index (Phi) is 9.08.